The van der Waals surface area contributed by atoms with E-state index in [1.807, 2.05) is 6.92 Å². The summed E-state index contributed by atoms with van der Waals surface area (Å²) in [5.41, 5.74) is 0. The lowest BCUT2D eigenvalue weighted by Gasteiger charge is -2.15. The molecular formula is C16H32O2. The Morgan fingerprint density at radius 1 is 0.889 bits per heavy atom. The molecule has 0 aliphatic heterocycles. The summed E-state index contributed by atoms with van der Waals surface area (Å²) in [4.78, 5) is 11.2. The molecule has 108 valence electrons. The van der Waals surface area contributed by atoms with Crippen LogP contribution < -0.4 is 0 Å². The van der Waals surface area contributed by atoms with E-state index in [9.17, 15) is 4.79 Å². The lowest BCUT2D eigenvalue weighted by molar-refractivity contribution is -0.149. The minimum absolute atomic E-state index is 0.0542. The van der Waals surface area contributed by atoms with Gasteiger partial charge in [0.25, 0.3) is 0 Å². The first-order valence-corrected chi connectivity index (χ1v) is 7.94. The maximum absolute atomic E-state index is 11.2. The van der Waals surface area contributed by atoms with E-state index in [-0.39, 0.29) is 12.1 Å². The van der Waals surface area contributed by atoms with Crippen LogP contribution in [-0.4, -0.2) is 12.1 Å². The van der Waals surface area contributed by atoms with Gasteiger partial charge in [0, 0.05) is 6.42 Å². The van der Waals surface area contributed by atoms with Crippen molar-refractivity contribution >= 4 is 5.97 Å². The topological polar surface area (TPSA) is 26.3 Å². The van der Waals surface area contributed by atoms with Gasteiger partial charge in [-0.2, -0.15) is 0 Å². The molecule has 0 aliphatic rings. The maximum Gasteiger partial charge on any atom is 0.305 e. The van der Waals surface area contributed by atoms with E-state index in [2.05, 4.69) is 13.8 Å². The minimum atomic E-state index is -0.0542. The minimum Gasteiger partial charge on any atom is -0.462 e. The number of hydrogen-bond donors (Lipinski definition) is 0. The highest BCUT2D eigenvalue weighted by Gasteiger charge is 2.10. The summed E-state index contributed by atoms with van der Waals surface area (Å²) in [6.07, 6.45) is 13.3. The molecule has 0 fully saturated rings. The SMILES string of the molecule is CCCCCCCCCCC(CC)OC(=O)CC. The van der Waals surface area contributed by atoms with Crippen molar-refractivity contribution in [3.63, 3.8) is 0 Å². The molecule has 0 radical (unpaired) electrons. The first-order chi connectivity index (χ1) is 8.74. The quantitative estimate of drug-likeness (QED) is 0.352. The van der Waals surface area contributed by atoms with Crippen molar-refractivity contribution in [2.24, 2.45) is 0 Å². The smallest absolute Gasteiger partial charge is 0.305 e. The largest absolute Gasteiger partial charge is 0.462 e. The highest BCUT2D eigenvalue weighted by molar-refractivity contribution is 5.69. The van der Waals surface area contributed by atoms with Crippen molar-refractivity contribution in [2.45, 2.75) is 97.5 Å². The lowest BCUT2D eigenvalue weighted by atomic mass is 10.0. The molecule has 0 aromatic heterocycles. The molecule has 18 heavy (non-hydrogen) atoms. The molecule has 0 aromatic rings. The van der Waals surface area contributed by atoms with Gasteiger partial charge in [-0.05, 0) is 19.3 Å². The van der Waals surface area contributed by atoms with Crippen LogP contribution >= 0.6 is 0 Å². The van der Waals surface area contributed by atoms with Gasteiger partial charge in [0.1, 0.15) is 6.10 Å². The van der Waals surface area contributed by atoms with Crippen molar-refractivity contribution in [3.8, 4) is 0 Å². The summed E-state index contributed by atoms with van der Waals surface area (Å²) in [6, 6.07) is 0. The Bertz CT molecular complexity index is 190. The molecule has 0 saturated heterocycles. The van der Waals surface area contributed by atoms with Gasteiger partial charge in [-0.15, -0.1) is 0 Å². The van der Waals surface area contributed by atoms with Crippen LogP contribution in [0.1, 0.15) is 91.4 Å². The van der Waals surface area contributed by atoms with E-state index in [1.54, 1.807) is 0 Å². The number of carbonyl (C=O) groups is 1. The second kappa shape index (κ2) is 12.9. The highest BCUT2D eigenvalue weighted by atomic mass is 16.5. The predicted molar refractivity (Wildman–Crippen MR) is 77.7 cm³/mol. The molecule has 0 heterocycles. The normalized spacial score (nSPS) is 12.4. The molecule has 2 heteroatoms. The Morgan fingerprint density at radius 2 is 1.44 bits per heavy atom. The van der Waals surface area contributed by atoms with Crippen molar-refractivity contribution in [2.75, 3.05) is 0 Å². The third-order valence-electron chi connectivity index (χ3n) is 3.42. The van der Waals surface area contributed by atoms with Gasteiger partial charge >= 0.3 is 5.97 Å². The number of esters is 1. The first-order valence-electron chi connectivity index (χ1n) is 7.94. The van der Waals surface area contributed by atoms with Crippen LogP contribution in [0, 0.1) is 0 Å². The van der Waals surface area contributed by atoms with Gasteiger partial charge in [-0.25, -0.2) is 0 Å². The van der Waals surface area contributed by atoms with Gasteiger partial charge < -0.3 is 4.74 Å². The first kappa shape index (κ1) is 17.5. The molecule has 0 aliphatic carbocycles. The van der Waals surface area contributed by atoms with Gasteiger partial charge in [0.2, 0.25) is 0 Å². The van der Waals surface area contributed by atoms with Gasteiger partial charge in [-0.3, -0.25) is 4.79 Å². The van der Waals surface area contributed by atoms with Gasteiger partial charge in [-0.1, -0.05) is 65.7 Å². The molecule has 1 atom stereocenters. The van der Waals surface area contributed by atoms with Crippen LogP contribution in [0.5, 0.6) is 0 Å². The molecule has 2 nitrogen and oxygen atoms in total. The zero-order chi connectivity index (χ0) is 13.6. The average molecular weight is 256 g/mol. The molecule has 0 amide bonds. The van der Waals surface area contributed by atoms with Gasteiger partial charge in [0.15, 0.2) is 0 Å². The third kappa shape index (κ3) is 10.6. The summed E-state index contributed by atoms with van der Waals surface area (Å²) in [5.74, 6) is -0.0542. The molecule has 0 N–H and O–H groups in total. The van der Waals surface area contributed by atoms with Crippen molar-refractivity contribution in [1.82, 2.24) is 0 Å². The molecular weight excluding hydrogens is 224 g/mol. The summed E-state index contributed by atoms with van der Waals surface area (Å²) < 4.78 is 5.37. The monoisotopic (exact) mass is 256 g/mol. The Hall–Kier alpha value is -0.530. The number of rotatable bonds is 12. The molecule has 0 rings (SSSR count). The van der Waals surface area contributed by atoms with Crippen LogP contribution in [0.3, 0.4) is 0 Å². The molecule has 0 bridgehead atoms. The standard InChI is InChI=1S/C16H32O2/c1-4-7-8-9-10-11-12-13-14-15(5-2)18-16(17)6-3/h15H,4-14H2,1-3H3. The fraction of sp³-hybridized carbons (Fsp3) is 0.938. The number of carbonyl (C=O) groups excluding carboxylic acids is 1. The fourth-order valence-corrected chi connectivity index (χ4v) is 2.12. The molecule has 0 spiro atoms. The van der Waals surface area contributed by atoms with Crippen LogP contribution in [-0.2, 0) is 9.53 Å². The van der Waals surface area contributed by atoms with Crippen LogP contribution in [0.15, 0.2) is 0 Å². The third-order valence-corrected chi connectivity index (χ3v) is 3.42. The summed E-state index contributed by atoms with van der Waals surface area (Å²) in [5, 5.41) is 0. The Labute approximate surface area is 113 Å². The van der Waals surface area contributed by atoms with Crippen molar-refractivity contribution in [1.29, 1.82) is 0 Å². The highest BCUT2D eigenvalue weighted by Crippen LogP contribution is 2.13. The number of unbranched alkanes of at least 4 members (excludes halogenated alkanes) is 7. The van der Waals surface area contributed by atoms with E-state index >= 15 is 0 Å². The summed E-state index contributed by atoms with van der Waals surface area (Å²) in [7, 11) is 0. The molecule has 0 saturated carbocycles. The van der Waals surface area contributed by atoms with Crippen molar-refractivity contribution in [3.05, 3.63) is 0 Å². The summed E-state index contributed by atoms with van der Waals surface area (Å²) in [6.45, 7) is 6.20. The van der Waals surface area contributed by atoms with E-state index in [0.717, 1.165) is 12.8 Å². The van der Waals surface area contributed by atoms with Crippen LogP contribution in [0.25, 0.3) is 0 Å². The second-order valence-corrected chi connectivity index (χ2v) is 5.14. The lowest BCUT2D eigenvalue weighted by Crippen LogP contribution is -2.16. The zero-order valence-corrected chi connectivity index (χ0v) is 12.7. The summed E-state index contributed by atoms with van der Waals surface area (Å²) >= 11 is 0. The Morgan fingerprint density at radius 3 is 1.94 bits per heavy atom. The Kier molecular flexibility index (Phi) is 12.5. The maximum atomic E-state index is 11.2. The van der Waals surface area contributed by atoms with Gasteiger partial charge in [0.05, 0.1) is 0 Å². The predicted octanol–water partition coefficient (Wildman–Crippen LogP) is 5.25. The fourth-order valence-electron chi connectivity index (χ4n) is 2.12. The van der Waals surface area contributed by atoms with E-state index < -0.39 is 0 Å². The van der Waals surface area contributed by atoms with E-state index in [4.69, 9.17) is 4.74 Å². The average Bonchev–Trinajstić information content (AvgIpc) is 2.40. The number of ether oxygens (including phenoxy) is 1. The van der Waals surface area contributed by atoms with Crippen molar-refractivity contribution < 1.29 is 9.53 Å². The van der Waals surface area contributed by atoms with E-state index in [1.165, 1.54) is 51.4 Å². The molecule has 0 aromatic carbocycles. The number of hydrogen-bond acceptors (Lipinski definition) is 2. The second-order valence-electron chi connectivity index (χ2n) is 5.14. The van der Waals surface area contributed by atoms with E-state index in [0.29, 0.717) is 6.42 Å². The zero-order valence-electron chi connectivity index (χ0n) is 12.7. The van der Waals surface area contributed by atoms with Crippen LogP contribution in [0.4, 0.5) is 0 Å². The molecule has 1 unspecified atom stereocenters. The Balaban J connectivity index is 3.37. The van der Waals surface area contributed by atoms with Crippen LogP contribution in [0.2, 0.25) is 0 Å².